The summed E-state index contributed by atoms with van der Waals surface area (Å²) in [5, 5.41) is 0. The summed E-state index contributed by atoms with van der Waals surface area (Å²) in [6.45, 7) is 0. The van der Waals surface area contributed by atoms with Crippen molar-refractivity contribution in [2.24, 2.45) is 0 Å². The number of rotatable bonds is 2. The minimum atomic E-state index is 0.0389. The fourth-order valence-electron chi connectivity index (χ4n) is 5.67. The van der Waals surface area contributed by atoms with Gasteiger partial charge < -0.3 is 10.5 Å². The Morgan fingerprint density at radius 3 is 2.47 bits per heavy atom. The molecule has 2 aromatic carbocycles. The van der Waals surface area contributed by atoms with Gasteiger partial charge in [0.1, 0.15) is 5.76 Å². The van der Waals surface area contributed by atoms with Gasteiger partial charge in [-0.1, -0.05) is 68.3 Å². The second-order valence-corrected chi connectivity index (χ2v) is 11.0. The van der Waals surface area contributed by atoms with Gasteiger partial charge in [-0.2, -0.15) is 0 Å². The van der Waals surface area contributed by atoms with E-state index >= 15 is 0 Å². The van der Waals surface area contributed by atoms with E-state index in [4.69, 9.17) is 15.5 Å². The van der Waals surface area contributed by atoms with E-state index in [2.05, 4.69) is 80.4 Å². The van der Waals surface area contributed by atoms with Crippen molar-refractivity contribution in [3.8, 4) is 5.88 Å². The van der Waals surface area contributed by atoms with Crippen LogP contribution in [-0.4, -0.2) is 4.98 Å². The molecule has 1 aromatic heterocycles. The van der Waals surface area contributed by atoms with E-state index in [1.165, 1.54) is 28.7 Å². The van der Waals surface area contributed by atoms with E-state index in [1.54, 1.807) is 0 Å². The molecule has 0 spiro atoms. The van der Waals surface area contributed by atoms with Gasteiger partial charge in [-0.05, 0) is 91.0 Å². The van der Waals surface area contributed by atoms with E-state index in [0.717, 1.165) is 75.7 Å². The fourth-order valence-corrected chi connectivity index (χ4v) is 6.58. The Morgan fingerprint density at radius 1 is 0.882 bits per heavy atom. The summed E-state index contributed by atoms with van der Waals surface area (Å²) in [5.74, 6) is 1.72. The van der Waals surface area contributed by atoms with Crippen LogP contribution in [0, 0.1) is 0 Å². The summed E-state index contributed by atoms with van der Waals surface area (Å²) in [5.41, 5.74) is 16.1. The number of aryl methyl sites for hydroxylation is 1. The van der Waals surface area contributed by atoms with Crippen LogP contribution in [0.3, 0.4) is 0 Å². The summed E-state index contributed by atoms with van der Waals surface area (Å²) < 4.78 is 8.87. The molecule has 3 nitrogen and oxygen atoms in total. The van der Waals surface area contributed by atoms with E-state index in [0.29, 0.717) is 5.88 Å². The normalized spacial score (nSPS) is 20.4. The van der Waals surface area contributed by atoms with Crippen LogP contribution >= 0.6 is 31.9 Å². The zero-order valence-electron chi connectivity index (χ0n) is 18.9. The number of fused-ring (bicyclic) bond motifs is 2. The molecule has 0 saturated heterocycles. The smallest absolute Gasteiger partial charge is 0.225 e. The molecule has 0 amide bonds. The highest BCUT2D eigenvalue weighted by atomic mass is 79.9. The first-order valence-electron chi connectivity index (χ1n) is 12.0. The fraction of sp³-hybridized carbons (Fsp3) is 0.276. The molecule has 172 valence electrons. The van der Waals surface area contributed by atoms with Crippen LogP contribution in [-0.2, 0) is 12.8 Å². The Morgan fingerprint density at radius 2 is 1.65 bits per heavy atom. The number of pyridine rings is 1. The Balaban J connectivity index is 1.59. The Kier molecular flexibility index (Phi) is 5.86. The van der Waals surface area contributed by atoms with Crippen molar-refractivity contribution >= 4 is 43.6 Å². The predicted octanol–water partition coefficient (Wildman–Crippen LogP) is 8.11. The summed E-state index contributed by atoms with van der Waals surface area (Å²) in [6.07, 6.45) is 9.64. The number of ether oxygens (including phenoxy) is 1. The molecule has 0 radical (unpaired) electrons. The number of hydrogen-bond acceptors (Lipinski definition) is 3. The van der Waals surface area contributed by atoms with Gasteiger partial charge in [0.25, 0.3) is 0 Å². The quantitative estimate of drug-likeness (QED) is 0.334. The lowest BCUT2D eigenvalue weighted by molar-refractivity contribution is 0.369. The van der Waals surface area contributed by atoms with Crippen LogP contribution < -0.4 is 10.5 Å². The van der Waals surface area contributed by atoms with Crippen molar-refractivity contribution in [2.45, 2.75) is 50.9 Å². The number of aromatic nitrogens is 1. The van der Waals surface area contributed by atoms with E-state index in [9.17, 15) is 0 Å². The van der Waals surface area contributed by atoms with Crippen molar-refractivity contribution in [3.05, 3.63) is 102 Å². The standard InChI is InChI=1S/C29H26Br2N2O/c30-22-13-4-1-8-17(22)16-18-9-7-12-21-25(19-10-2-5-14-23(19)31)26-27(32)20-11-3-6-15-24(20)33-29(26)34-28(18)21/h1-2,4-5,8,10,13-14,16,25H,3,6-7,9,11-12,15H2,(H2,32,33)/b18-16+. The molecule has 0 saturated carbocycles. The molecule has 0 fully saturated rings. The Labute approximate surface area is 217 Å². The SMILES string of the molecule is Nc1c2c(nc3c1C(c1ccccc1Br)C1=C(O3)/C(=C/c3ccccc3Br)CCC1)CCCC2. The van der Waals surface area contributed by atoms with Gasteiger partial charge in [0.2, 0.25) is 5.88 Å². The Hall–Kier alpha value is -2.37. The maximum Gasteiger partial charge on any atom is 0.225 e. The van der Waals surface area contributed by atoms with Crippen molar-refractivity contribution in [2.75, 3.05) is 5.73 Å². The molecule has 1 atom stereocenters. The first kappa shape index (κ1) is 22.1. The number of hydrogen-bond donors (Lipinski definition) is 1. The van der Waals surface area contributed by atoms with Gasteiger partial charge >= 0.3 is 0 Å². The third kappa shape index (κ3) is 3.74. The number of benzene rings is 2. The van der Waals surface area contributed by atoms with E-state index in [1.807, 2.05) is 6.07 Å². The largest absolute Gasteiger partial charge is 0.438 e. The van der Waals surface area contributed by atoms with Crippen LogP contribution in [0.2, 0.25) is 0 Å². The summed E-state index contributed by atoms with van der Waals surface area (Å²) in [7, 11) is 0. The second kappa shape index (κ2) is 9.01. The van der Waals surface area contributed by atoms with Gasteiger partial charge in [0.05, 0.1) is 0 Å². The number of nitrogens with zero attached hydrogens (tertiary/aromatic N) is 1. The first-order chi connectivity index (χ1) is 16.6. The highest BCUT2D eigenvalue weighted by molar-refractivity contribution is 9.10. The van der Waals surface area contributed by atoms with Gasteiger partial charge in [0.15, 0.2) is 0 Å². The lowest BCUT2D eigenvalue weighted by atomic mass is 9.75. The minimum Gasteiger partial charge on any atom is -0.438 e. The molecule has 1 unspecified atom stereocenters. The molecule has 2 heterocycles. The molecule has 3 aliphatic rings. The number of anilines is 1. The van der Waals surface area contributed by atoms with Gasteiger partial charge in [0, 0.05) is 31.8 Å². The molecular formula is C29H26Br2N2O. The monoisotopic (exact) mass is 576 g/mol. The highest BCUT2D eigenvalue weighted by Crippen LogP contribution is 2.53. The number of nitrogens with two attached hydrogens (primary N) is 1. The summed E-state index contributed by atoms with van der Waals surface area (Å²) >= 11 is 7.54. The number of nitrogen functional groups attached to an aromatic ring is 1. The molecule has 3 aromatic rings. The average Bonchev–Trinajstić information content (AvgIpc) is 2.85. The molecule has 2 N–H and O–H groups in total. The van der Waals surface area contributed by atoms with Crippen molar-refractivity contribution in [1.82, 2.24) is 4.98 Å². The lowest BCUT2D eigenvalue weighted by Crippen LogP contribution is -2.25. The van der Waals surface area contributed by atoms with Crippen LogP contribution in [0.15, 0.2) is 74.4 Å². The summed E-state index contributed by atoms with van der Waals surface area (Å²) in [4.78, 5) is 5.08. The minimum absolute atomic E-state index is 0.0389. The topological polar surface area (TPSA) is 48.1 Å². The third-order valence-corrected chi connectivity index (χ3v) is 8.73. The number of halogens is 2. The van der Waals surface area contributed by atoms with Crippen molar-refractivity contribution < 1.29 is 4.74 Å². The predicted molar refractivity (Wildman–Crippen MR) is 145 cm³/mol. The Bertz CT molecular complexity index is 1360. The number of allylic oxidation sites excluding steroid dienone is 2. The van der Waals surface area contributed by atoms with Crippen LogP contribution in [0.4, 0.5) is 5.69 Å². The lowest BCUT2D eigenvalue weighted by Gasteiger charge is -2.36. The van der Waals surface area contributed by atoms with Crippen molar-refractivity contribution in [3.63, 3.8) is 0 Å². The van der Waals surface area contributed by atoms with Gasteiger partial charge in [-0.15, -0.1) is 0 Å². The molecule has 6 rings (SSSR count). The van der Waals surface area contributed by atoms with Crippen LogP contribution in [0.1, 0.15) is 66.0 Å². The maximum absolute atomic E-state index is 6.92. The third-order valence-electron chi connectivity index (χ3n) is 7.28. The molecule has 0 bridgehead atoms. The molecule has 5 heteroatoms. The second-order valence-electron chi connectivity index (χ2n) is 9.33. The van der Waals surface area contributed by atoms with Gasteiger partial charge in [-0.25, -0.2) is 4.98 Å². The van der Waals surface area contributed by atoms with Gasteiger partial charge in [-0.3, -0.25) is 0 Å². The van der Waals surface area contributed by atoms with Crippen LogP contribution in [0.25, 0.3) is 6.08 Å². The first-order valence-corrected chi connectivity index (χ1v) is 13.6. The summed E-state index contributed by atoms with van der Waals surface area (Å²) in [6, 6.07) is 16.8. The highest BCUT2D eigenvalue weighted by Gasteiger charge is 2.38. The zero-order valence-corrected chi connectivity index (χ0v) is 22.1. The zero-order chi connectivity index (χ0) is 23.2. The van der Waals surface area contributed by atoms with E-state index < -0.39 is 0 Å². The van der Waals surface area contributed by atoms with E-state index in [-0.39, 0.29) is 5.92 Å². The molecule has 34 heavy (non-hydrogen) atoms. The molecule has 2 aliphatic carbocycles. The molecular weight excluding hydrogens is 552 g/mol. The average molecular weight is 578 g/mol. The molecule has 1 aliphatic heterocycles. The van der Waals surface area contributed by atoms with Crippen LogP contribution in [0.5, 0.6) is 5.88 Å². The maximum atomic E-state index is 6.92. The van der Waals surface area contributed by atoms with Crippen molar-refractivity contribution in [1.29, 1.82) is 0 Å².